The Bertz CT molecular complexity index is 745. The number of phenols is 1. The van der Waals surface area contributed by atoms with Crippen molar-refractivity contribution in [2.45, 2.75) is 13.0 Å². The molecule has 1 aliphatic rings. The fourth-order valence-electron chi connectivity index (χ4n) is 2.95. The van der Waals surface area contributed by atoms with Gasteiger partial charge in [0.25, 0.3) is 5.91 Å². The fourth-order valence-corrected chi connectivity index (χ4v) is 3.13. The second kappa shape index (κ2) is 7.66. The number of piperazine rings is 1. The molecule has 0 bridgehead atoms. The number of anilines is 1. The van der Waals surface area contributed by atoms with E-state index in [0.717, 1.165) is 5.69 Å². The lowest BCUT2D eigenvalue weighted by Crippen LogP contribution is -2.52. The highest BCUT2D eigenvalue weighted by Crippen LogP contribution is 2.27. The predicted octanol–water partition coefficient (Wildman–Crippen LogP) is 3.16. The van der Waals surface area contributed by atoms with Crippen LogP contribution in [0.2, 0.25) is 5.02 Å². The number of ether oxygens (including phenoxy) is 1. The summed E-state index contributed by atoms with van der Waals surface area (Å²) in [5.41, 5.74) is 0.804. The number of hydrogen-bond donors (Lipinski definition) is 1. The van der Waals surface area contributed by atoms with Crippen LogP contribution in [0.3, 0.4) is 0 Å². The molecule has 1 N–H and O–H groups in total. The molecule has 2 aromatic carbocycles. The van der Waals surface area contributed by atoms with Crippen molar-refractivity contribution in [1.29, 1.82) is 0 Å². The average molecular weight is 361 g/mol. The molecule has 0 aromatic heterocycles. The Kier molecular flexibility index (Phi) is 5.34. The first-order chi connectivity index (χ1) is 12.0. The molecule has 1 atom stereocenters. The molecule has 3 rings (SSSR count). The molecule has 25 heavy (non-hydrogen) atoms. The van der Waals surface area contributed by atoms with Crippen LogP contribution in [-0.4, -0.2) is 48.2 Å². The number of carbonyl (C=O) groups excluding carboxylic acids is 1. The normalized spacial score (nSPS) is 15.8. The molecular formula is C19H21ClN2O3. The molecule has 1 unspecified atom stereocenters. The molecule has 1 fully saturated rings. The number of phenolic OH excluding ortho intramolecular Hbond substituents is 1. The lowest BCUT2D eigenvalue weighted by molar-refractivity contribution is -0.138. The number of amides is 1. The van der Waals surface area contributed by atoms with Gasteiger partial charge in [-0.3, -0.25) is 4.79 Å². The molecule has 0 saturated carbocycles. The number of carbonyl (C=O) groups is 1. The zero-order valence-corrected chi connectivity index (χ0v) is 14.8. The van der Waals surface area contributed by atoms with Crippen LogP contribution in [0.15, 0.2) is 48.5 Å². The van der Waals surface area contributed by atoms with Gasteiger partial charge >= 0.3 is 0 Å². The van der Waals surface area contributed by atoms with E-state index in [1.54, 1.807) is 48.2 Å². The largest absolute Gasteiger partial charge is 0.506 e. The van der Waals surface area contributed by atoms with Crippen LogP contribution in [0, 0.1) is 0 Å². The SMILES string of the molecule is CC(Oc1cccc(Cl)c1)C(=O)N1CCN(c2ccccc2O)CC1. The van der Waals surface area contributed by atoms with Crippen LogP contribution >= 0.6 is 11.6 Å². The van der Waals surface area contributed by atoms with Crippen molar-refractivity contribution in [3.63, 3.8) is 0 Å². The van der Waals surface area contributed by atoms with Gasteiger partial charge in [-0.2, -0.15) is 0 Å². The zero-order valence-electron chi connectivity index (χ0n) is 14.1. The highest BCUT2D eigenvalue weighted by Gasteiger charge is 2.26. The van der Waals surface area contributed by atoms with Crippen LogP contribution < -0.4 is 9.64 Å². The number of para-hydroxylation sites is 2. The number of benzene rings is 2. The summed E-state index contributed by atoms with van der Waals surface area (Å²) in [4.78, 5) is 16.5. The van der Waals surface area contributed by atoms with Gasteiger partial charge in [0.15, 0.2) is 6.10 Å². The van der Waals surface area contributed by atoms with Gasteiger partial charge in [0, 0.05) is 31.2 Å². The summed E-state index contributed by atoms with van der Waals surface area (Å²) >= 11 is 5.94. The van der Waals surface area contributed by atoms with Gasteiger partial charge in [-0.25, -0.2) is 0 Å². The number of hydrogen-bond acceptors (Lipinski definition) is 4. The van der Waals surface area contributed by atoms with Crippen LogP contribution in [0.4, 0.5) is 5.69 Å². The number of nitrogens with zero attached hydrogens (tertiary/aromatic N) is 2. The maximum atomic E-state index is 12.6. The van der Waals surface area contributed by atoms with E-state index in [0.29, 0.717) is 37.0 Å². The van der Waals surface area contributed by atoms with Gasteiger partial charge in [-0.1, -0.05) is 29.8 Å². The maximum Gasteiger partial charge on any atom is 0.263 e. The number of rotatable bonds is 4. The first-order valence-electron chi connectivity index (χ1n) is 8.28. The second-order valence-corrected chi connectivity index (χ2v) is 6.45. The molecule has 2 aromatic rings. The van der Waals surface area contributed by atoms with E-state index in [4.69, 9.17) is 16.3 Å². The third kappa shape index (κ3) is 4.17. The van der Waals surface area contributed by atoms with E-state index in [-0.39, 0.29) is 11.7 Å². The maximum absolute atomic E-state index is 12.6. The summed E-state index contributed by atoms with van der Waals surface area (Å²) in [6.45, 7) is 4.28. The fraction of sp³-hybridized carbons (Fsp3) is 0.316. The molecular weight excluding hydrogens is 340 g/mol. The minimum absolute atomic E-state index is 0.0445. The lowest BCUT2D eigenvalue weighted by Gasteiger charge is -2.37. The molecule has 1 heterocycles. The van der Waals surface area contributed by atoms with Gasteiger partial charge in [-0.15, -0.1) is 0 Å². The van der Waals surface area contributed by atoms with Crippen LogP contribution in [0.5, 0.6) is 11.5 Å². The molecule has 0 radical (unpaired) electrons. The van der Waals surface area contributed by atoms with Gasteiger partial charge < -0.3 is 19.6 Å². The highest BCUT2D eigenvalue weighted by atomic mass is 35.5. The summed E-state index contributed by atoms with van der Waals surface area (Å²) in [6, 6.07) is 14.3. The molecule has 0 spiro atoms. The van der Waals surface area contributed by atoms with Crippen molar-refractivity contribution in [2.75, 3.05) is 31.1 Å². The van der Waals surface area contributed by atoms with E-state index in [2.05, 4.69) is 4.90 Å². The lowest BCUT2D eigenvalue weighted by atomic mass is 10.2. The standard InChI is InChI=1S/C19H21ClN2O3/c1-14(25-16-6-4-5-15(20)13-16)19(24)22-11-9-21(10-12-22)17-7-2-3-8-18(17)23/h2-8,13-14,23H,9-12H2,1H3. The quantitative estimate of drug-likeness (QED) is 0.910. The van der Waals surface area contributed by atoms with Crippen molar-refractivity contribution in [3.8, 4) is 11.5 Å². The van der Waals surface area contributed by atoms with E-state index in [1.807, 2.05) is 12.1 Å². The second-order valence-electron chi connectivity index (χ2n) is 6.02. The number of aromatic hydroxyl groups is 1. The Labute approximate surface area is 152 Å². The van der Waals surface area contributed by atoms with Gasteiger partial charge in [0.05, 0.1) is 5.69 Å². The van der Waals surface area contributed by atoms with Crippen LogP contribution in [0.1, 0.15) is 6.92 Å². The van der Waals surface area contributed by atoms with Crippen molar-refractivity contribution in [2.24, 2.45) is 0 Å². The van der Waals surface area contributed by atoms with Crippen molar-refractivity contribution >= 4 is 23.2 Å². The third-order valence-corrected chi connectivity index (χ3v) is 4.51. The summed E-state index contributed by atoms with van der Waals surface area (Å²) in [5.74, 6) is 0.804. The minimum atomic E-state index is -0.574. The molecule has 1 aliphatic heterocycles. The summed E-state index contributed by atoms with van der Waals surface area (Å²) in [7, 11) is 0. The Morgan fingerprint density at radius 2 is 1.84 bits per heavy atom. The summed E-state index contributed by atoms with van der Waals surface area (Å²) in [5, 5.41) is 10.5. The van der Waals surface area contributed by atoms with Crippen LogP contribution in [0.25, 0.3) is 0 Å². The van der Waals surface area contributed by atoms with Crippen molar-refractivity contribution in [3.05, 3.63) is 53.6 Å². The first kappa shape index (κ1) is 17.4. The Morgan fingerprint density at radius 3 is 2.52 bits per heavy atom. The van der Waals surface area contributed by atoms with E-state index < -0.39 is 6.10 Å². The zero-order chi connectivity index (χ0) is 17.8. The van der Waals surface area contributed by atoms with Gasteiger partial charge in [0.2, 0.25) is 0 Å². The molecule has 5 nitrogen and oxygen atoms in total. The summed E-state index contributed by atoms with van der Waals surface area (Å²) < 4.78 is 5.71. The Balaban J connectivity index is 1.57. The van der Waals surface area contributed by atoms with Crippen molar-refractivity contribution in [1.82, 2.24) is 4.90 Å². The van der Waals surface area contributed by atoms with E-state index >= 15 is 0 Å². The molecule has 1 saturated heterocycles. The topological polar surface area (TPSA) is 53.0 Å². The monoisotopic (exact) mass is 360 g/mol. The Hall–Kier alpha value is -2.40. The summed E-state index contributed by atoms with van der Waals surface area (Å²) in [6.07, 6.45) is -0.574. The molecule has 132 valence electrons. The van der Waals surface area contributed by atoms with E-state index in [9.17, 15) is 9.90 Å². The number of halogens is 1. The highest BCUT2D eigenvalue weighted by molar-refractivity contribution is 6.30. The molecule has 0 aliphatic carbocycles. The Morgan fingerprint density at radius 1 is 1.12 bits per heavy atom. The van der Waals surface area contributed by atoms with Crippen molar-refractivity contribution < 1.29 is 14.6 Å². The minimum Gasteiger partial charge on any atom is -0.506 e. The third-order valence-electron chi connectivity index (χ3n) is 4.27. The molecule has 1 amide bonds. The van der Waals surface area contributed by atoms with Gasteiger partial charge in [0.1, 0.15) is 11.5 Å². The average Bonchev–Trinajstić information content (AvgIpc) is 2.62. The predicted molar refractivity (Wildman–Crippen MR) is 98.4 cm³/mol. The first-order valence-corrected chi connectivity index (χ1v) is 8.66. The molecule has 6 heteroatoms. The van der Waals surface area contributed by atoms with Gasteiger partial charge in [-0.05, 0) is 37.3 Å². The van der Waals surface area contributed by atoms with E-state index in [1.165, 1.54) is 0 Å². The smallest absolute Gasteiger partial charge is 0.263 e. The van der Waals surface area contributed by atoms with Crippen LogP contribution in [-0.2, 0) is 4.79 Å².